The summed E-state index contributed by atoms with van der Waals surface area (Å²) in [6.45, 7) is 11.2. The molecule has 0 saturated heterocycles. The minimum absolute atomic E-state index is 0.0101. The van der Waals surface area contributed by atoms with E-state index in [0.29, 0.717) is 11.5 Å². The normalized spacial score (nSPS) is 17.3. The highest BCUT2D eigenvalue weighted by molar-refractivity contribution is 5.88. The number of carbonyl (C=O) groups excluding carboxylic acids is 2. The summed E-state index contributed by atoms with van der Waals surface area (Å²) in [7, 11) is 0. The lowest BCUT2D eigenvalue weighted by Crippen LogP contribution is -2.21. The third-order valence-corrected chi connectivity index (χ3v) is 8.14. The minimum atomic E-state index is -0.592. The van der Waals surface area contributed by atoms with Gasteiger partial charge in [0.1, 0.15) is 13.2 Å². The fourth-order valence-electron chi connectivity index (χ4n) is 5.50. The highest BCUT2D eigenvalue weighted by Crippen LogP contribution is 2.38. The topological polar surface area (TPSA) is 82.1 Å². The van der Waals surface area contributed by atoms with Crippen molar-refractivity contribution < 1.29 is 28.9 Å². The molecule has 1 aliphatic carbocycles. The number of aliphatic hydroxyl groups excluding tert-OH is 1. The molecule has 2 aromatic rings. The number of aliphatic hydroxyl groups is 1. The Bertz CT molecular complexity index is 1140. The molecule has 228 valence electrons. The molecule has 0 heterocycles. The summed E-state index contributed by atoms with van der Waals surface area (Å²) in [5, 5.41) is 8.84. The molecular weight excluding hydrogens is 528 g/mol. The van der Waals surface area contributed by atoms with Crippen molar-refractivity contribution in [1.82, 2.24) is 0 Å². The lowest BCUT2D eigenvalue weighted by atomic mass is 9.77. The van der Waals surface area contributed by atoms with Crippen LogP contribution in [0.4, 0.5) is 0 Å². The molecule has 0 radical (unpaired) electrons. The van der Waals surface area contributed by atoms with Crippen LogP contribution in [0.3, 0.4) is 0 Å². The first-order valence-corrected chi connectivity index (χ1v) is 15.4. The number of ether oxygens (including phenoxy) is 3. The largest absolute Gasteiger partial charge is 0.462 e. The Hall–Kier alpha value is -3.22. The standard InChI is InChI=1S/C36H48O6/c1-5-6-7-8-28-9-11-29(12-10-28)30-13-15-31(16-14-30)32-17-19-33(20-18-32)34(24-41-35(38)26(2)3)25-42-36(39)27(4)23-40-22-21-37/h13-20,28-29,34,37H,2,4-12,21-25H2,1,3H3. The zero-order valence-electron chi connectivity index (χ0n) is 25.4. The number of esters is 2. The van der Waals surface area contributed by atoms with Crippen molar-refractivity contribution in [2.45, 2.75) is 77.0 Å². The SMILES string of the molecule is C=C(C)C(=O)OCC(COC(=O)C(=C)COCCO)c1ccc(-c2ccc(C3CCC(CCCCC)CC3)cc2)cc1. The van der Waals surface area contributed by atoms with E-state index in [1.807, 2.05) is 24.3 Å². The minimum Gasteiger partial charge on any atom is -0.462 e. The first-order chi connectivity index (χ1) is 20.3. The van der Waals surface area contributed by atoms with Crippen LogP contribution in [0.2, 0.25) is 0 Å². The Morgan fingerprint density at radius 3 is 2.05 bits per heavy atom. The predicted octanol–water partition coefficient (Wildman–Crippen LogP) is 7.52. The van der Waals surface area contributed by atoms with Crippen molar-refractivity contribution in [1.29, 1.82) is 0 Å². The van der Waals surface area contributed by atoms with Crippen molar-refractivity contribution in [3.63, 3.8) is 0 Å². The van der Waals surface area contributed by atoms with Gasteiger partial charge in [-0.3, -0.25) is 0 Å². The van der Waals surface area contributed by atoms with Crippen LogP contribution in [0.1, 0.15) is 88.2 Å². The molecular formula is C36H48O6. The molecule has 1 aliphatic rings. The quantitative estimate of drug-likeness (QED) is 0.119. The lowest BCUT2D eigenvalue weighted by Gasteiger charge is -2.29. The Labute approximate surface area is 251 Å². The van der Waals surface area contributed by atoms with Crippen LogP contribution in [0, 0.1) is 5.92 Å². The van der Waals surface area contributed by atoms with Crippen LogP contribution in [-0.4, -0.2) is 50.1 Å². The van der Waals surface area contributed by atoms with E-state index in [-0.39, 0.29) is 44.5 Å². The second-order valence-electron chi connectivity index (χ2n) is 11.5. The first-order valence-electron chi connectivity index (χ1n) is 15.4. The number of carbonyl (C=O) groups is 2. The highest BCUT2D eigenvalue weighted by atomic mass is 16.5. The summed E-state index contributed by atoms with van der Waals surface area (Å²) in [4.78, 5) is 24.4. The van der Waals surface area contributed by atoms with Crippen LogP contribution in [0.15, 0.2) is 72.8 Å². The summed E-state index contributed by atoms with van der Waals surface area (Å²) in [5.41, 5.74) is 5.02. The maximum atomic E-state index is 12.4. The summed E-state index contributed by atoms with van der Waals surface area (Å²) in [5.74, 6) is 0.121. The first kappa shape index (κ1) is 33.3. The van der Waals surface area contributed by atoms with Gasteiger partial charge in [0.2, 0.25) is 0 Å². The van der Waals surface area contributed by atoms with Crippen molar-refractivity contribution >= 4 is 11.9 Å². The molecule has 0 spiro atoms. The van der Waals surface area contributed by atoms with E-state index >= 15 is 0 Å². The number of hydrogen-bond donors (Lipinski definition) is 1. The molecule has 6 nitrogen and oxygen atoms in total. The van der Waals surface area contributed by atoms with Gasteiger partial charge in [-0.1, -0.05) is 94.3 Å². The van der Waals surface area contributed by atoms with Gasteiger partial charge in [-0.05, 0) is 66.7 Å². The molecule has 1 fully saturated rings. The molecule has 1 unspecified atom stereocenters. The lowest BCUT2D eigenvalue weighted by molar-refractivity contribution is -0.142. The highest BCUT2D eigenvalue weighted by Gasteiger charge is 2.22. The summed E-state index contributed by atoms with van der Waals surface area (Å²) >= 11 is 0. The number of benzene rings is 2. The van der Waals surface area contributed by atoms with Gasteiger partial charge in [-0.15, -0.1) is 0 Å². The fourth-order valence-corrected chi connectivity index (χ4v) is 5.50. The predicted molar refractivity (Wildman–Crippen MR) is 167 cm³/mol. The fraction of sp³-hybridized carbons (Fsp3) is 0.500. The zero-order chi connectivity index (χ0) is 30.3. The Morgan fingerprint density at radius 1 is 0.881 bits per heavy atom. The van der Waals surface area contributed by atoms with Gasteiger partial charge in [0.25, 0.3) is 0 Å². The second kappa shape index (κ2) is 17.7. The second-order valence-corrected chi connectivity index (χ2v) is 11.5. The van der Waals surface area contributed by atoms with Gasteiger partial charge in [-0.2, -0.15) is 0 Å². The Balaban J connectivity index is 1.61. The molecule has 42 heavy (non-hydrogen) atoms. The molecule has 6 heteroatoms. The number of rotatable bonds is 17. The molecule has 1 N–H and O–H groups in total. The molecule has 0 aromatic heterocycles. The van der Waals surface area contributed by atoms with E-state index in [0.717, 1.165) is 22.6 Å². The van der Waals surface area contributed by atoms with Crippen molar-refractivity contribution in [3.8, 4) is 11.1 Å². The molecule has 0 amide bonds. The number of unbranched alkanes of at least 4 members (excludes halogenated alkanes) is 2. The van der Waals surface area contributed by atoms with Gasteiger partial charge in [0.15, 0.2) is 0 Å². The number of hydrogen-bond acceptors (Lipinski definition) is 6. The molecule has 0 bridgehead atoms. The smallest absolute Gasteiger partial charge is 0.335 e. The zero-order valence-corrected chi connectivity index (χ0v) is 25.4. The van der Waals surface area contributed by atoms with Crippen LogP contribution in [0.25, 0.3) is 11.1 Å². The molecule has 2 aromatic carbocycles. The summed E-state index contributed by atoms with van der Waals surface area (Å²) < 4.78 is 16.0. The maximum absolute atomic E-state index is 12.4. The van der Waals surface area contributed by atoms with E-state index in [4.69, 9.17) is 19.3 Å². The average molecular weight is 577 g/mol. The van der Waals surface area contributed by atoms with E-state index in [9.17, 15) is 9.59 Å². The van der Waals surface area contributed by atoms with Gasteiger partial charge in [0, 0.05) is 5.57 Å². The molecule has 1 atom stereocenters. The molecule has 3 rings (SSSR count). The van der Waals surface area contributed by atoms with E-state index < -0.39 is 11.9 Å². The van der Waals surface area contributed by atoms with Gasteiger partial charge in [-0.25, -0.2) is 9.59 Å². The Morgan fingerprint density at radius 2 is 1.48 bits per heavy atom. The Kier molecular flexibility index (Phi) is 14.0. The van der Waals surface area contributed by atoms with E-state index in [1.54, 1.807) is 6.92 Å². The van der Waals surface area contributed by atoms with Crippen LogP contribution in [0.5, 0.6) is 0 Å². The monoisotopic (exact) mass is 576 g/mol. The summed E-state index contributed by atoms with van der Waals surface area (Å²) in [6, 6.07) is 17.0. The molecule has 0 aliphatic heterocycles. The third kappa shape index (κ3) is 10.6. The van der Waals surface area contributed by atoms with Crippen molar-refractivity contribution in [2.24, 2.45) is 5.92 Å². The van der Waals surface area contributed by atoms with Crippen LogP contribution in [-0.2, 0) is 23.8 Å². The van der Waals surface area contributed by atoms with Crippen LogP contribution >= 0.6 is 0 Å². The van der Waals surface area contributed by atoms with Crippen molar-refractivity contribution in [3.05, 3.63) is 84.0 Å². The molecule has 1 saturated carbocycles. The van der Waals surface area contributed by atoms with E-state index in [1.165, 1.54) is 56.9 Å². The third-order valence-electron chi connectivity index (χ3n) is 8.14. The summed E-state index contributed by atoms with van der Waals surface area (Å²) in [6.07, 6.45) is 10.7. The van der Waals surface area contributed by atoms with Crippen LogP contribution < -0.4 is 0 Å². The average Bonchev–Trinajstić information content (AvgIpc) is 3.01. The van der Waals surface area contributed by atoms with E-state index in [2.05, 4.69) is 44.3 Å². The van der Waals surface area contributed by atoms with Gasteiger partial charge >= 0.3 is 11.9 Å². The maximum Gasteiger partial charge on any atom is 0.335 e. The van der Waals surface area contributed by atoms with Gasteiger partial charge in [0.05, 0.1) is 31.3 Å². The van der Waals surface area contributed by atoms with Crippen molar-refractivity contribution in [2.75, 3.05) is 33.0 Å². The van der Waals surface area contributed by atoms with Gasteiger partial charge < -0.3 is 19.3 Å².